The zero-order chi connectivity index (χ0) is 15.1. The maximum absolute atomic E-state index is 4.79. The van der Waals surface area contributed by atoms with Crippen LogP contribution in [0.15, 0.2) is 48.5 Å². The van der Waals surface area contributed by atoms with E-state index in [9.17, 15) is 0 Å². The number of hydrogen-bond donors (Lipinski definition) is 2. The van der Waals surface area contributed by atoms with Gasteiger partial charge in [-0.3, -0.25) is 9.97 Å². The molecule has 2 aromatic carbocycles. The van der Waals surface area contributed by atoms with Crippen LogP contribution in [0.25, 0.3) is 32.6 Å². The first-order valence-corrected chi connectivity index (χ1v) is 8.39. The third-order valence-electron chi connectivity index (χ3n) is 3.94. The summed E-state index contributed by atoms with van der Waals surface area (Å²) in [6.07, 6.45) is 0. The molecule has 0 saturated heterocycles. The molecule has 2 nitrogen and oxygen atoms in total. The van der Waals surface area contributed by atoms with Gasteiger partial charge in [0.25, 0.3) is 0 Å². The highest BCUT2D eigenvalue weighted by Crippen LogP contribution is 2.30. The Morgan fingerprint density at radius 2 is 1.00 bits per heavy atom. The first-order valence-electron chi connectivity index (χ1n) is 7.13. The van der Waals surface area contributed by atoms with E-state index < -0.39 is 0 Å². The van der Waals surface area contributed by atoms with Crippen molar-refractivity contribution in [3.8, 4) is 0 Å². The molecule has 2 heterocycles. The van der Waals surface area contributed by atoms with E-state index in [2.05, 4.69) is 61.7 Å². The molecule has 0 radical (unpaired) electrons. The molecule has 0 spiro atoms. The summed E-state index contributed by atoms with van der Waals surface area (Å²) >= 11 is 8.69. The second kappa shape index (κ2) is 5.45. The molecule has 2 aromatic heterocycles. The summed E-state index contributed by atoms with van der Waals surface area (Å²) in [6, 6.07) is 16.8. The zero-order valence-electron chi connectivity index (χ0n) is 11.8. The Kier molecular flexibility index (Phi) is 3.43. The minimum absolute atomic E-state index is 0.631. The predicted octanol–water partition coefficient (Wildman–Crippen LogP) is 4.80. The number of nitrogens with zero attached hydrogens (tertiary/aromatic N) is 2. The van der Waals surface area contributed by atoms with Crippen molar-refractivity contribution < 1.29 is 0 Å². The Bertz CT molecular complexity index is 933. The van der Waals surface area contributed by atoms with Gasteiger partial charge in [-0.05, 0) is 17.5 Å². The van der Waals surface area contributed by atoms with Crippen LogP contribution in [-0.2, 0) is 11.5 Å². The lowest BCUT2D eigenvalue weighted by atomic mass is 10.0. The van der Waals surface area contributed by atoms with Crippen molar-refractivity contribution >= 4 is 57.8 Å². The van der Waals surface area contributed by atoms with Gasteiger partial charge in [-0.1, -0.05) is 36.4 Å². The van der Waals surface area contributed by atoms with Gasteiger partial charge in [0, 0.05) is 27.7 Å². The van der Waals surface area contributed by atoms with Gasteiger partial charge in [-0.25, -0.2) is 0 Å². The van der Waals surface area contributed by atoms with Crippen LogP contribution < -0.4 is 0 Å². The average molecular weight is 322 g/mol. The molecule has 4 heteroatoms. The summed E-state index contributed by atoms with van der Waals surface area (Å²) in [5, 5.41) is 4.53. The second-order valence-electron chi connectivity index (χ2n) is 5.29. The maximum Gasteiger partial charge on any atom is 0.0805 e. The molecule has 4 rings (SSSR count). The standard InChI is InChI=1S/C18H14N2S2/c21-9-14-7-5-12-3-1-11-2-4-13-6-8-15(10-22)20-18(13)16(11)17(12)19-14/h1-8,21-22H,9-10H2. The Morgan fingerprint density at radius 3 is 1.45 bits per heavy atom. The molecule has 0 atom stereocenters. The molecular weight excluding hydrogens is 308 g/mol. The fourth-order valence-corrected chi connectivity index (χ4v) is 3.19. The highest BCUT2D eigenvalue weighted by atomic mass is 32.1. The first kappa shape index (κ1) is 13.9. The van der Waals surface area contributed by atoms with Crippen LogP contribution in [0.4, 0.5) is 0 Å². The van der Waals surface area contributed by atoms with E-state index in [0.29, 0.717) is 11.5 Å². The number of thiol groups is 2. The predicted molar refractivity (Wildman–Crippen MR) is 99.9 cm³/mol. The molecular formula is C18H14N2S2. The topological polar surface area (TPSA) is 25.8 Å². The van der Waals surface area contributed by atoms with Crippen molar-refractivity contribution in [1.29, 1.82) is 0 Å². The van der Waals surface area contributed by atoms with Crippen molar-refractivity contribution in [2.45, 2.75) is 11.5 Å². The molecule has 0 unspecified atom stereocenters. The van der Waals surface area contributed by atoms with E-state index >= 15 is 0 Å². The van der Waals surface area contributed by atoms with Gasteiger partial charge in [0.2, 0.25) is 0 Å². The van der Waals surface area contributed by atoms with Crippen LogP contribution >= 0.6 is 25.3 Å². The lowest BCUT2D eigenvalue weighted by Crippen LogP contribution is -1.92. The number of pyridine rings is 2. The largest absolute Gasteiger partial charge is 0.251 e. The van der Waals surface area contributed by atoms with E-state index in [1.807, 2.05) is 12.1 Å². The lowest BCUT2D eigenvalue weighted by Gasteiger charge is -2.09. The fourth-order valence-electron chi connectivity index (χ4n) is 2.83. The third kappa shape index (κ3) is 2.14. The number of hydrogen-bond acceptors (Lipinski definition) is 4. The van der Waals surface area contributed by atoms with Gasteiger partial charge < -0.3 is 0 Å². The lowest BCUT2D eigenvalue weighted by molar-refractivity contribution is 1.23. The molecule has 0 aliphatic heterocycles. The normalized spacial score (nSPS) is 11.5. The third-order valence-corrected chi connectivity index (χ3v) is 4.59. The summed E-state index contributed by atoms with van der Waals surface area (Å²) in [6.45, 7) is 0. The molecule has 0 amide bonds. The van der Waals surface area contributed by atoms with Crippen LogP contribution in [-0.4, -0.2) is 9.97 Å². The van der Waals surface area contributed by atoms with Gasteiger partial charge in [0.15, 0.2) is 0 Å². The van der Waals surface area contributed by atoms with Crippen molar-refractivity contribution in [2.24, 2.45) is 0 Å². The Morgan fingerprint density at radius 1 is 0.591 bits per heavy atom. The Balaban J connectivity index is 2.23. The SMILES string of the molecule is SCc1ccc2ccc3ccc4ccc(CS)nc4c3c2n1. The minimum Gasteiger partial charge on any atom is -0.251 e. The van der Waals surface area contributed by atoms with Gasteiger partial charge in [-0.15, -0.1) is 0 Å². The molecule has 0 aliphatic rings. The smallest absolute Gasteiger partial charge is 0.0805 e. The molecule has 4 aromatic rings. The highest BCUT2D eigenvalue weighted by Gasteiger charge is 2.09. The van der Waals surface area contributed by atoms with Crippen molar-refractivity contribution in [1.82, 2.24) is 9.97 Å². The summed E-state index contributed by atoms with van der Waals surface area (Å²) in [7, 11) is 0. The van der Waals surface area contributed by atoms with Crippen molar-refractivity contribution in [3.05, 3.63) is 59.9 Å². The van der Waals surface area contributed by atoms with Crippen molar-refractivity contribution in [2.75, 3.05) is 0 Å². The van der Waals surface area contributed by atoms with Crippen molar-refractivity contribution in [3.63, 3.8) is 0 Å². The van der Waals surface area contributed by atoms with Crippen LogP contribution in [0.1, 0.15) is 11.4 Å². The second-order valence-corrected chi connectivity index (χ2v) is 5.93. The number of aromatic nitrogens is 2. The molecule has 108 valence electrons. The number of fused-ring (bicyclic) bond motifs is 5. The van der Waals surface area contributed by atoms with Gasteiger partial charge in [0.1, 0.15) is 0 Å². The summed E-state index contributed by atoms with van der Waals surface area (Å²) in [5.74, 6) is 1.26. The molecule has 0 fully saturated rings. The van der Waals surface area contributed by atoms with E-state index in [0.717, 1.165) is 44.0 Å². The van der Waals surface area contributed by atoms with Crippen LogP contribution in [0.5, 0.6) is 0 Å². The summed E-state index contributed by atoms with van der Waals surface area (Å²) in [5.41, 5.74) is 3.95. The Hall–Kier alpha value is -1.78. The summed E-state index contributed by atoms with van der Waals surface area (Å²) in [4.78, 5) is 9.58. The first-order chi connectivity index (χ1) is 10.8. The maximum atomic E-state index is 4.79. The van der Waals surface area contributed by atoms with Crippen LogP contribution in [0.3, 0.4) is 0 Å². The zero-order valence-corrected chi connectivity index (χ0v) is 13.6. The molecule has 0 N–H and O–H groups in total. The molecule has 0 bridgehead atoms. The van der Waals surface area contributed by atoms with E-state index in [-0.39, 0.29) is 0 Å². The van der Waals surface area contributed by atoms with E-state index in [1.165, 1.54) is 0 Å². The average Bonchev–Trinajstić information content (AvgIpc) is 2.59. The molecule has 0 saturated carbocycles. The fraction of sp³-hybridized carbons (Fsp3) is 0.111. The van der Waals surface area contributed by atoms with Gasteiger partial charge in [0.05, 0.1) is 22.4 Å². The minimum atomic E-state index is 0.631. The highest BCUT2D eigenvalue weighted by molar-refractivity contribution is 7.79. The van der Waals surface area contributed by atoms with Crippen LogP contribution in [0.2, 0.25) is 0 Å². The van der Waals surface area contributed by atoms with Crippen LogP contribution in [0, 0.1) is 0 Å². The van der Waals surface area contributed by atoms with Gasteiger partial charge >= 0.3 is 0 Å². The quantitative estimate of drug-likeness (QED) is 0.410. The number of rotatable bonds is 2. The number of benzene rings is 2. The summed E-state index contributed by atoms with van der Waals surface area (Å²) < 4.78 is 0. The van der Waals surface area contributed by atoms with E-state index in [4.69, 9.17) is 9.97 Å². The molecule has 22 heavy (non-hydrogen) atoms. The Labute approximate surface area is 139 Å². The van der Waals surface area contributed by atoms with Gasteiger partial charge in [-0.2, -0.15) is 25.3 Å². The molecule has 0 aliphatic carbocycles. The van der Waals surface area contributed by atoms with E-state index in [1.54, 1.807) is 0 Å². The monoisotopic (exact) mass is 322 g/mol.